The summed E-state index contributed by atoms with van der Waals surface area (Å²) >= 11 is 0. The molecule has 0 radical (unpaired) electrons. The summed E-state index contributed by atoms with van der Waals surface area (Å²) in [4.78, 5) is 38.1. The van der Waals surface area contributed by atoms with Gasteiger partial charge in [-0.25, -0.2) is 0 Å². The van der Waals surface area contributed by atoms with Crippen molar-refractivity contribution >= 4 is 17.7 Å². The van der Waals surface area contributed by atoms with E-state index in [0.29, 0.717) is 49.7 Å². The van der Waals surface area contributed by atoms with Crippen LogP contribution >= 0.6 is 0 Å². The number of hydrogen-bond donors (Lipinski definition) is 2. The number of carboxylic acids is 2. The number of carbonyl (C=O) groups excluding carboxylic acids is 1. The van der Waals surface area contributed by atoms with Gasteiger partial charge < -0.3 is 10.2 Å². The van der Waals surface area contributed by atoms with Crippen molar-refractivity contribution < 1.29 is 24.6 Å². The smallest absolute Gasteiger partial charge is 0.310 e. The molecule has 5 nitrogen and oxygen atoms in total. The molecule has 0 spiro atoms. The lowest BCUT2D eigenvalue weighted by molar-refractivity contribution is -0.191. The van der Waals surface area contributed by atoms with Crippen molar-refractivity contribution in [2.45, 2.75) is 106 Å². The zero-order valence-electron chi connectivity index (χ0n) is 22.5. The second kappa shape index (κ2) is 7.22. The Balaban J connectivity index is 1.59. The van der Waals surface area contributed by atoms with Gasteiger partial charge in [0, 0.05) is 11.8 Å². The summed E-state index contributed by atoms with van der Waals surface area (Å²) in [6.45, 7) is 13.1. The summed E-state index contributed by atoms with van der Waals surface area (Å²) < 4.78 is 0. The van der Waals surface area contributed by atoms with Crippen molar-refractivity contribution in [3.05, 3.63) is 11.6 Å². The van der Waals surface area contributed by atoms with Crippen LogP contribution in [0.5, 0.6) is 0 Å². The van der Waals surface area contributed by atoms with E-state index in [-0.39, 0.29) is 22.2 Å². The summed E-state index contributed by atoms with van der Waals surface area (Å²) in [5.74, 6) is -0.184. The highest BCUT2D eigenvalue weighted by molar-refractivity contribution is 5.85. The van der Waals surface area contributed by atoms with Gasteiger partial charge in [-0.05, 0) is 98.7 Å². The third-order valence-corrected chi connectivity index (χ3v) is 12.9. The predicted molar refractivity (Wildman–Crippen MR) is 134 cm³/mol. The molecule has 35 heavy (non-hydrogen) atoms. The van der Waals surface area contributed by atoms with Crippen molar-refractivity contribution in [2.75, 3.05) is 0 Å². The number of allylic oxidation sites excluding steroid dienone is 2. The van der Waals surface area contributed by atoms with E-state index in [1.165, 1.54) is 5.57 Å². The van der Waals surface area contributed by atoms with Gasteiger partial charge in [0.15, 0.2) is 0 Å². The van der Waals surface area contributed by atoms with Gasteiger partial charge in [0.1, 0.15) is 5.78 Å². The summed E-state index contributed by atoms with van der Waals surface area (Å²) in [7, 11) is 0. The Hall–Kier alpha value is -1.65. The Morgan fingerprint density at radius 3 is 2.17 bits per heavy atom. The number of fused-ring (bicyclic) bond motifs is 7. The fraction of sp³-hybridized carbons (Fsp3) is 0.833. The highest BCUT2D eigenvalue weighted by Gasteiger charge is 2.69. The molecule has 0 aliphatic heterocycles. The van der Waals surface area contributed by atoms with Crippen LogP contribution in [0.2, 0.25) is 0 Å². The van der Waals surface area contributed by atoms with Gasteiger partial charge in [0.05, 0.1) is 10.8 Å². The molecule has 5 rings (SSSR count). The molecule has 8 atom stereocenters. The van der Waals surface area contributed by atoms with E-state index in [1.54, 1.807) is 0 Å². The van der Waals surface area contributed by atoms with Gasteiger partial charge in [-0.15, -0.1) is 0 Å². The van der Waals surface area contributed by atoms with Gasteiger partial charge >= 0.3 is 11.9 Å². The molecule has 5 aliphatic carbocycles. The average molecular weight is 485 g/mol. The molecule has 8 unspecified atom stereocenters. The first-order valence-corrected chi connectivity index (χ1v) is 13.8. The van der Waals surface area contributed by atoms with E-state index in [9.17, 15) is 24.6 Å². The normalized spacial score (nSPS) is 50.6. The number of carbonyl (C=O) groups is 3. The zero-order chi connectivity index (χ0) is 25.8. The molecule has 5 heteroatoms. The molecule has 4 fully saturated rings. The number of hydrogen-bond acceptors (Lipinski definition) is 3. The van der Waals surface area contributed by atoms with Crippen LogP contribution < -0.4 is 0 Å². The molecule has 0 aromatic heterocycles. The highest BCUT2D eigenvalue weighted by Crippen LogP contribution is 2.74. The van der Waals surface area contributed by atoms with Crippen molar-refractivity contribution in [1.29, 1.82) is 0 Å². The predicted octanol–water partition coefficient (Wildman–Crippen LogP) is 6.51. The van der Waals surface area contributed by atoms with Crippen LogP contribution in [0.1, 0.15) is 106 Å². The van der Waals surface area contributed by atoms with Gasteiger partial charge in [-0.2, -0.15) is 0 Å². The Morgan fingerprint density at radius 2 is 1.54 bits per heavy atom. The van der Waals surface area contributed by atoms with Crippen LogP contribution in [0.4, 0.5) is 0 Å². The average Bonchev–Trinajstić information content (AvgIpc) is 2.75. The number of aliphatic carboxylic acids is 2. The third kappa shape index (κ3) is 2.90. The van der Waals surface area contributed by atoms with E-state index >= 15 is 0 Å². The first kappa shape index (κ1) is 25.0. The molecular weight excluding hydrogens is 440 g/mol. The molecule has 194 valence electrons. The molecule has 0 saturated heterocycles. The standard InChI is InChI=1S/C30H44O5/c1-25(2)20-10-12-27(4)18-9-14-30(24(34)35)16-15-26(3,23(32)33)17-29(30,6)19(18)7-8-21(27)28(20,5)13-11-22(25)31/h9,19-21H,7-8,10-17H2,1-6H3,(H,32,33)(H,34,35). The molecule has 0 amide bonds. The quantitative estimate of drug-likeness (QED) is 0.436. The molecule has 0 bridgehead atoms. The second-order valence-electron chi connectivity index (χ2n) is 14.6. The number of rotatable bonds is 2. The molecule has 0 aromatic carbocycles. The summed E-state index contributed by atoms with van der Waals surface area (Å²) in [6, 6.07) is 0. The molecule has 0 heterocycles. The number of Topliss-reactive ketones (excluding diaryl/α,β-unsaturated/α-hetero) is 1. The minimum atomic E-state index is -0.889. The first-order chi connectivity index (χ1) is 16.1. The van der Waals surface area contributed by atoms with Crippen molar-refractivity contribution in [3.63, 3.8) is 0 Å². The lowest BCUT2D eigenvalue weighted by atomic mass is 9.35. The lowest BCUT2D eigenvalue weighted by Crippen LogP contribution is -2.64. The van der Waals surface area contributed by atoms with E-state index in [2.05, 4.69) is 40.7 Å². The first-order valence-electron chi connectivity index (χ1n) is 13.8. The van der Waals surface area contributed by atoms with E-state index < -0.39 is 28.2 Å². The van der Waals surface area contributed by atoms with Gasteiger partial charge in [-0.1, -0.05) is 46.3 Å². The van der Waals surface area contributed by atoms with E-state index in [0.717, 1.165) is 32.1 Å². The Labute approximate surface area is 210 Å². The monoisotopic (exact) mass is 484 g/mol. The van der Waals surface area contributed by atoms with Crippen LogP contribution in [-0.4, -0.2) is 27.9 Å². The Morgan fingerprint density at radius 1 is 0.857 bits per heavy atom. The van der Waals surface area contributed by atoms with Crippen LogP contribution in [0, 0.1) is 50.2 Å². The minimum absolute atomic E-state index is 0.0185. The molecular formula is C30H44O5. The Bertz CT molecular complexity index is 1030. The minimum Gasteiger partial charge on any atom is -0.481 e. The zero-order valence-corrected chi connectivity index (χ0v) is 22.5. The van der Waals surface area contributed by atoms with Crippen LogP contribution in [-0.2, 0) is 14.4 Å². The van der Waals surface area contributed by atoms with Crippen LogP contribution in [0.3, 0.4) is 0 Å². The maximum Gasteiger partial charge on any atom is 0.310 e. The van der Waals surface area contributed by atoms with Crippen LogP contribution in [0.25, 0.3) is 0 Å². The molecule has 0 aromatic rings. The summed E-state index contributed by atoms with van der Waals surface area (Å²) in [5, 5.41) is 20.7. The topological polar surface area (TPSA) is 91.7 Å². The number of ketones is 1. The van der Waals surface area contributed by atoms with Gasteiger partial charge in [-0.3, -0.25) is 14.4 Å². The van der Waals surface area contributed by atoms with E-state index in [1.807, 2.05) is 6.92 Å². The number of carboxylic acid groups (broad SMARTS) is 2. The second-order valence-corrected chi connectivity index (χ2v) is 14.6. The lowest BCUT2D eigenvalue weighted by Gasteiger charge is -2.68. The molecule has 5 aliphatic rings. The van der Waals surface area contributed by atoms with Crippen molar-refractivity contribution in [3.8, 4) is 0 Å². The fourth-order valence-corrected chi connectivity index (χ4v) is 10.8. The van der Waals surface area contributed by atoms with Gasteiger partial charge in [0.25, 0.3) is 0 Å². The fourth-order valence-electron chi connectivity index (χ4n) is 10.8. The van der Waals surface area contributed by atoms with E-state index in [4.69, 9.17) is 0 Å². The third-order valence-electron chi connectivity index (χ3n) is 12.9. The van der Waals surface area contributed by atoms with Crippen molar-refractivity contribution in [1.82, 2.24) is 0 Å². The largest absolute Gasteiger partial charge is 0.481 e. The molecule has 2 N–H and O–H groups in total. The Kier molecular flexibility index (Phi) is 5.16. The summed E-state index contributed by atoms with van der Waals surface area (Å²) in [6.07, 6.45) is 9.69. The summed E-state index contributed by atoms with van der Waals surface area (Å²) in [5.41, 5.74) is -1.15. The SMILES string of the molecule is CC1(C(=O)O)CCC2(C(=O)O)CC=C3C(CCC4C3(C)CCC3C(C)(C)C(=O)CCC34C)C2(C)C1. The maximum atomic E-state index is 12.9. The van der Waals surface area contributed by atoms with Crippen LogP contribution in [0.15, 0.2) is 11.6 Å². The van der Waals surface area contributed by atoms with Crippen molar-refractivity contribution in [2.24, 2.45) is 50.2 Å². The highest BCUT2D eigenvalue weighted by atomic mass is 16.4. The molecule has 4 saturated carbocycles. The van der Waals surface area contributed by atoms with Gasteiger partial charge in [0.2, 0.25) is 0 Å². The maximum absolute atomic E-state index is 12.9.